The molecule has 0 saturated heterocycles. The van der Waals surface area contributed by atoms with Gasteiger partial charge in [0.2, 0.25) is 0 Å². The van der Waals surface area contributed by atoms with Gasteiger partial charge in [0, 0.05) is 0 Å². The molecule has 1 rings (SSSR count). The number of carboxylic acids is 1. The number of amides is 1. The molecule has 0 radical (unpaired) electrons. The Hall–Kier alpha value is -2.08. The number of aromatic carboxylic acids is 1. The van der Waals surface area contributed by atoms with Gasteiger partial charge in [-0.25, -0.2) is 14.6 Å². The molecule has 0 aromatic carbocycles. The number of rotatable bonds is 4. The first-order valence-electron chi connectivity index (χ1n) is 4.48. The number of nitrogens with one attached hydrogen (secondary N) is 1. The van der Waals surface area contributed by atoms with Gasteiger partial charge in [-0.2, -0.15) is 0 Å². The van der Waals surface area contributed by atoms with E-state index in [0.717, 1.165) is 12.3 Å². The van der Waals surface area contributed by atoms with Crippen LogP contribution in [0.4, 0.5) is 10.5 Å². The van der Waals surface area contributed by atoms with E-state index < -0.39 is 12.1 Å². The number of nitrogens with zero attached hydrogens (tertiary/aromatic N) is 1. The Balaban J connectivity index is 2.86. The second-order valence-electron chi connectivity index (χ2n) is 2.87. The molecule has 1 aromatic rings. The molecule has 2 N–H and O–H groups in total. The lowest BCUT2D eigenvalue weighted by Gasteiger charge is -2.07. The second kappa shape index (κ2) is 5.86. The lowest BCUT2D eigenvalue weighted by Crippen LogP contribution is -2.16. The quantitative estimate of drug-likeness (QED) is 0.637. The maximum Gasteiger partial charge on any atom is 0.412 e. The molecule has 0 atom stereocenters. The fourth-order valence-electron chi connectivity index (χ4n) is 0.987. The number of hydrogen-bond acceptors (Lipinski definition) is 4. The summed E-state index contributed by atoms with van der Waals surface area (Å²) >= 11 is 5.55. The van der Waals surface area contributed by atoms with Crippen molar-refractivity contribution in [1.29, 1.82) is 0 Å². The number of carboxylic acid groups (broad SMARTS) is 1. The first-order valence-corrected chi connectivity index (χ1v) is 4.86. The average molecular weight is 257 g/mol. The molecule has 17 heavy (non-hydrogen) atoms. The summed E-state index contributed by atoms with van der Waals surface area (Å²) in [6.07, 6.45) is 1.73. The average Bonchev–Trinajstić information content (AvgIpc) is 2.28. The van der Waals surface area contributed by atoms with Crippen LogP contribution in [-0.4, -0.2) is 28.8 Å². The van der Waals surface area contributed by atoms with Crippen LogP contribution in [0, 0.1) is 0 Å². The van der Waals surface area contributed by atoms with Gasteiger partial charge in [0.1, 0.15) is 11.8 Å². The van der Waals surface area contributed by atoms with Gasteiger partial charge >= 0.3 is 12.1 Å². The number of anilines is 1. The van der Waals surface area contributed by atoms with Crippen LogP contribution in [0.3, 0.4) is 0 Å². The van der Waals surface area contributed by atoms with Gasteiger partial charge in [-0.15, -0.1) is 0 Å². The SMILES string of the molecule is C=CCOC(=O)Nc1cnc(Cl)cc1C(=O)O. The summed E-state index contributed by atoms with van der Waals surface area (Å²) < 4.78 is 4.64. The zero-order valence-corrected chi connectivity index (χ0v) is 9.40. The van der Waals surface area contributed by atoms with Crippen LogP contribution >= 0.6 is 11.6 Å². The molecule has 0 unspecified atom stereocenters. The van der Waals surface area contributed by atoms with Crippen molar-refractivity contribution in [3.8, 4) is 0 Å². The predicted molar refractivity (Wildman–Crippen MR) is 61.4 cm³/mol. The minimum absolute atomic E-state index is 0.0102. The highest BCUT2D eigenvalue weighted by Gasteiger charge is 2.14. The highest BCUT2D eigenvalue weighted by atomic mass is 35.5. The molecule has 1 heterocycles. The van der Waals surface area contributed by atoms with Gasteiger partial charge in [-0.3, -0.25) is 5.32 Å². The van der Waals surface area contributed by atoms with E-state index in [2.05, 4.69) is 21.6 Å². The van der Waals surface area contributed by atoms with E-state index in [1.54, 1.807) is 0 Å². The standard InChI is InChI=1S/C10H9ClN2O4/c1-2-3-17-10(16)13-7-5-12-8(11)4-6(7)9(14)15/h2,4-5H,1,3H2,(H,13,16)(H,14,15). The molecule has 0 spiro atoms. The Morgan fingerprint density at radius 3 is 2.94 bits per heavy atom. The van der Waals surface area contributed by atoms with Crippen molar-refractivity contribution in [3.63, 3.8) is 0 Å². The first-order chi connectivity index (χ1) is 8.04. The van der Waals surface area contributed by atoms with Crippen LogP contribution in [0.5, 0.6) is 0 Å². The molecule has 0 bridgehead atoms. The third kappa shape index (κ3) is 3.76. The largest absolute Gasteiger partial charge is 0.478 e. The van der Waals surface area contributed by atoms with Gasteiger partial charge in [0.25, 0.3) is 0 Å². The van der Waals surface area contributed by atoms with E-state index >= 15 is 0 Å². The molecule has 90 valence electrons. The highest BCUT2D eigenvalue weighted by Crippen LogP contribution is 2.18. The number of carbonyl (C=O) groups is 2. The zero-order valence-electron chi connectivity index (χ0n) is 8.64. The summed E-state index contributed by atoms with van der Waals surface area (Å²) in [6.45, 7) is 3.39. The van der Waals surface area contributed by atoms with E-state index in [-0.39, 0.29) is 23.0 Å². The maximum atomic E-state index is 11.2. The summed E-state index contributed by atoms with van der Waals surface area (Å²) in [7, 11) is 0. The van der Waals surface area contributed by atoms with E-state index in [9.17, 15) is 9.59 Å². The fourth-order valence-corrected chi connectivity index (χ4v) is 1.14. The van der Waals surface area contributed by atoms with Crippen molar-refractivity contribution in [2.24, 2.45) is 0 Å². The number of aromatic nitrogens is 1. The molecular weight excluding hydrogens is 248 g/mol. The lowest BCUT2D eigenvalue weighted by atomic mass is 10.2. The highest BCUT2D eigenvalue weighted by molar-refractivity contribution is 6.29. The molecular formula is C10H9ClN2O4. The fraction of sp³-hybridized carbons (Fsp3) is 0.100. The Morgan fingerprint density at radius 1 is 1.65 bits per heavy atom. The van der Waals surface area contributed by atoms with Crippen LogP contribution < -0.4 is 5.32 Å². The van der Waals surface area contributed by atoms with Crippen LogP contribution in [-0.2, 0) is 4.74 Å². The number of ether oxygens (including phenoxy) is 1. The number of halogens is 1. The van der Waals surface area contributed by atoms with Crippen molar-refractivity contribution in [1.82, 2.24) is 4.98 Å². The third-order valence-electron chi connectivity index (χ3n) is 1.67. The summed E-state index contributed by atoms with van der Waals surface area (Å²) in [5, 5.41) is 11.1. The topological polar surface area (TPSA) is 88.5 Å². The minimum Gasteiger partial charge on any atom is -0.478 e. The summed E-state index contributed by atoms with van der Waals surface area (Å²) in [4.78, 5) is 25.7. The maximum absolute atomic E-state index is 11.2. The van der Waals surface area contributed by atoms with Crippen molar-refractivity contribution < 1.29 is 19.4 Å². The van der Waals surface area contributed by atoms with Crippen LogP contribution in [0.1, 0.15) is 10.4 Å². The first kappa shape index (κ1) is 13.0. The summed E-state index contributed by atoms with van der Waals surface area (Å²) in [6, 6.07) is 1.13. The van der Waals surface area contributed by atoms with Crippen molar-refractivity contribution in [2.75, 3.05) is 11.9 Å². The number of carbonyl (C=O) groups excluding carboxylic acids is 1. The van der Waals surface area contributed by atoms with Gasteiger partial charge in [0.05, 0.1) is 17.4 Å². The van der Waals surface area contributed by atoms with Crippen molar-refractivity contribution in [3.05, 3.63) is 35.6 Å². The minimum atomic E-state index is -1.23. The molecule has 0 saturated carbocycles. The smallest absolute Gasteiger partial charge is 0.412 e. The van der Waals surface area contributed by atoms with E-state index in [1.165, 1.54) is 6.08 Å². The number of hydrogen-bond donors (Lipinski definition) is 2. The molecule has 7 heteroatoms. The van der Waals surface area contributed by atoms with E-state index in [4.69, 9.17) is 16.7 Å². The Bertz CT molecular complexity index is 462. The van der Waals surface area contributed by atoms with Crippen molar-refractivity contribution in [2.45, 2.75) is 0 Å². The van der Waals surface area contributed by atoms with Crippen LogP contribution in [0.25, 0.3) is 0 Å². The molecule has 0 aliphatic carbocycles. The Morgan fingerprint density at radius 2 is 2.35 bits per heavy atom. The molecule has 6 nitrogen and oxygen atoms in total. The molecule has 1 amide bonds. The third-order valence-corrected chi connectivity index (χ3v) is 1.88. The zero-order chi connectivity index (χ0) is 12.8. The van der Waals surface area contributed by atoms with Gasteiger partial charge in [-0.05, 0) is 6.07 Å². The predicted octanol–water partition coefficient (Wildman–Crippen LogP) is 2.17. The molecule has 1 aromatic heterocycles. The molecule has 0 aliphatic heterocycles. The van der Waals surface area contributed by atoms with Gasteiger partial charge in [0.15, 0.2) is 0 Å². The van der Waals surface area contributed by atoms with Gasteiger partial charge < -0.3 is 9.84 Å². The monoisotopic (exact) mass is 256 g/mol. The summed E-state index contributed by atoms with van der Waals surface area (Å²) in [5.41, 5.74) is -0.156. The molecule has 0 fully saturated rings. The Kier molecular flexibility index (Phi) is 4.47. The van der Waals surface area contributed by atoms with Crippen LogP contribution in [0.15, 0.2) is 24.9 Å². The van der Waals surface area contributed by atoms with Crippen LogP contribution in [0.2, 0.25) is 5.15 Å². The Labute approximate surface area is 102 Å². The molecule has 0 aliphatic rings. The summed E-state index contributed by atoms with van der Waals surface area (Å²) in [5.74, 6) is -1.23. The van der Waals surface area contributed by atoms with E-state index in [1.807, 2.05) is 0 Å². The van der Waals surface area contributed by atoms with Crippen molar-refractivity contribution >= 4 is 29.4 Å². The lowest BCUT2D eigenvalue weighted by molar-refractivity contribution is 0.0698. The second-order valence-corrected chi connectivity index (χ2v) is 3.26. The number of pyridine rings is 1. The van der Waals surface area contributed by atoms with E-state index in [0.29, 0.717) is 0 Å². The van der Waals surface area contributed by atoms with Gasteiger partial charge in [-0.1, -0.05) is 24.3 Å². The normalized spacial score (nSPS) is 9.47.